The Kier molecular flexibility index (Phi) is 4.39. The molecule has 1 N–H and O–H groups in total. The molecule has 1 aliphatic carbocycles. The average Bonchev–Trinajstić information content (AvgIpc) is 3.03. The molecule has 0 saturated carbocycles. The molecular weight excluding hydrogens is 362 g/mol. The van der Waals surface area contributed by atoms with Crippen LogP contribution in [0.5, 0.6) is 0 Å². The maximum atomic E-state index is 12.6. The van der Waals surface area contributed by atoms with Crippen LogP contribution in [0.3, 0.4) is 0 Å². The Balaban J connectivity index is 1.90. The van der Waals surface area contributed by atoms with Gasteiger partial charge < -0.3 is 5.32 Å². The minimum Gasteiger partial charge on any atom is -0.356 e. The lowest BCUT2D eigenvalue weighted by Crippen LogP contribution is -2.46. The number of aromatic nitrogens is 1. The third-order valence-corrected chi connectivity index (χ3v) is 7.34. The molecule has 1 aliphatic heterocycles. The van der Waals surface area contributed by atoms with Crippen LogP contribution >= 0.6 is 0 Å². The summed E-state index contributed by atoms with van der Waals surface area (Å²) in [5, 5.41) is 3.92. The van der Waals surface area contributed by atoms with Gasteiger partial charge >= 0.3 is 0 Å². The number of carbonyl (C=O) groups is 1. The van der Waals surface area contributed by atoms with Gasteiger partial charge in [0.2, 0.25) is 15.9 Å². The van der Waals surface area contributed by atoms with Gasteiger partial charge in [0.15, 0.2) is 0 Å². The monoisotopic (exact) mass is 387 g/mol. The molecule has 0 bridgehead atoms. The van der Waals surface area contributed by atoms with E-state index in [-0.39, 0.29) is 23.6 Å². The first kappa shape index (κ1) is 18.3. The van der Waals surface area contributed by atoms with Crippen molar-refractivity contribution in [1.29, 1.82) is 0 Å². The van der Waals surface area contributed by atoms with Gasteiger partial charge in [0.05, 0.1) is 17.2 Å². The second-order valence-electron chi connectivity index (χ2n) is 7.33. The first-order valence-corrected chi connectivity index (χ1v) is 11.0. The number of rotatable bonds is 4. The van der Waals surface area contributed by atoms with Gasteiger partial charge in [-0.1, -0.05) is 18.2 Å². The Labute approximate surface area is 159 Å². The number of fused-ring (bicyclic) bond motifs is 2. The van der Waals surface area contributed by atoms with Gasteiger partial charge in [0.25, 0.3) is 0 Å². The number of likely N-dealkylation sites (N-methyl/N-ethyl adjacent to an activating group) is 1. The summed E-state index contributed by atoms with van der Waals surface area (Å²) < 4.78 is 26.5. The Morgan fingerprint density at radius 2 is 2.07 bits per heavy atom. The molecule has 1 aromatic carbocycles. The smallest absolute Gasteiger partial charge is 0.238 e. The second-order valence-corrected chi connectivity index (χ2v) is 9.47. The molecule has 6 nitrogen and oxygen atoms in total. The van der Waals surface area contributed by atoms with Gasteiger partial charge in [-0.3, -0.25) is 9.69 Å². The zero-order valence-electron chi connectivity index (χ0n) is 15.9. The van der Waals surface area contributed by atoms with E-state index in [1.165, 1.54) is 3.97 Å². The summed E-state index contributed by atoms with van der Waals surface area (Å²) in [7, 11) is -1.32. The molecule has 2 atom stereocenters. The first-order valence-electron chi connectivity index (χ1n) is 9.43. The number of hydrogen-bond donors (Lipinski definition) is 1. The van der Waals surface area contributed by atoms with E-state index >= 15 is 0 Å². The minimum absolute atomic E-state index is 0.0411. The number of nitrogens with one attached hydrogen (secondary N) is 1. The highest BCUT2D eigenvalue weighted by atomic mass is 32.2. The largest absolute Gasteiger partial charge is 0.356 e. The third-order valence-electron chi connectivity index (χ3n) is 5.71. The summed E-state index contributed by atoms with van der Waals surface area (Å²) in [4.78, 5) is 14.6. The van der Waals surface area contributed by atoms with Gasteiger partial charge in [0, 0.05) is 30.7 Å². The summed E-state index contributed by atoms with van der Waals surface area (Å²) in [6, 6.07) is 5.97. The van der Waals surface area contributed by atoms with Crippen molar-refractivity contribution in [2.24, 2.45) is 5.92 Å². The van der Waals surface area contributed by atoms with Crippen LogP contribution in [0.4, 0.5) is 0 Å². The fourth-order valence-electron chi connectivity index (χ4n) is 4.36. The van der Waals surface area contributed by atoms with Crippen LogP contribution in [0, 0.1) is 5.92 Å². The van der Waals surface area contributed by atoms with Crippen LogP contribution in [0.25, 0.3) is 16.5 Å². The molecule has 0 saturated heterocycles. The summed E-state index contributed by atoms with van der Waals surface area (Å²) >= 11 is 0. The molecular formula is C20H25N3O3S. The fourth-order valence-corrected chi connectivity index (χ4v) is 5.38. The SMILES string of the molecule is CCNC(=O)C1C=C2c3cccc4c3c(cn4S(=O)(=O)CC)CC2N(C)C1. The lowest BCUT2D eigenvalue weighted by molar-refractivity contribution is -0.124. The normalized spacial score (nSPS) is 22.4. The van der Waals surface area contributed by atoms with Crippen molar-refractivity contribution in [3.05, 3.63) is 41.6 Å². The van der Waals surface area contributed by atoms with E-state index in [1.54, 1.807) is 13.1 Å². The lowest BCUT2D eigenvalue weighted by atomic mass is 9.80. The highest BCUT2D eigenvalue weighted by molar-refractivity contribution is 7.90. The summed E-state index contributed by atoms with van der Waals surface area (Å²) in [5.74, 6) is -0.0926. The fraction of sp³-hybridized carbons (Fsp3) is 0.450. The maximum Gasteiger partial charge on any atom is 0.238 e. The molecule has 144 valence electrons. The molecule has 2 heterocycles. The van der Waals surface area contributed by atoms with Crippen molar-refractivity contribution in [3.8, 4) is 0 Å². The highest BCUT2D eigenvalue weighted by Gasteiger charge is 2.36. The minimum atomic E-state index is -3.36. The molecule has 2 aliphatic rings. The Morgan fingerprint density at radius 1 is 1.30 bits per heavy atom. The Morgan fingerprint density at radius 3 is 2.78 bits per heavy atom. The molecule has 1 amide bonds. The second kappa shape index (κ2) is 6.49. The number of amides is 1. The van der Waals surface area contributed by atoms with E-state index in [9.17, 15) is 13.2 Å². The van der Waals surface area contributed by atoms with Crippen molar-refractivity contribution < 1.29 is 13.2 Å². The van der Waals surface area contributed by atoms with Gasteiger partial charge in [-0.05, 0) is 50.1 Å². The zero-order chi connectivity index (χ0) is 19.3. The van der Waals surface area contributed by atoms with Crippen molar-refractivity contribution >= 4 is 32.4 Å². The van der Waals surface area contributed by atoms with E-state index in [1.807, 2.05) is 32.2 Å². The predicted octanol–water partition coefficient (Wildman–Crippen LogP) is 1.84. The van der Waals surface area contributed by atoms with Crippen molar-refractivity contribution in [3.63, 3.8) is 0 Å². The van der Waals surface area contributed by atoms with Crippen LogP contribution in [0.2, 0.25) is 0 Å². The number of hydrogen-bond acceptors (Lipinski definition) is 4. The van der Waals surface area contributed by atoms with Gasteiger partial charge in [-0.25, -0.2) is 12.4 Å². The van der Waals surface area contributed by atoms with E-state index < -0.39 is 10.0 Å². The van der Waals surface area contributed by atoms with Gasteiger partial charge in [0.1, 0.15) is 0 Å². The van der Waals surface area contributed by atoms with Gasteiger partial charge in [-0.2, -0.15) is 0 Å². The topological polar surface area (TPSA) is 71.4 Å². The number of benzene rings is 1. The van der Waals surface area contributed by atoms with Crippen LogP contribution in [0.1, 0.15) is 25.0 Å². The third kappa shape index (κ3) is 2.80. The zero-order valence-corrected chi connectivity index (χ0v) is 16.7. The standard InChI is InChI=1S/C20H25N3O3S/c1-4-21-20(24)14-9-16-15-7-6-8-17-19(15)13(10-18(16)22(3)11-14)12-23(17)27(25,26)5-2/h6-9,12,14,18H,4-5,10-11H2,1-3H3,(H,21,24). The van der Waals surface area contributed by atoms with Crippen LogP contribution < -0.4 is 5.32 Å². The van der Waals surface area contributed by atoms with E-state index in [4.69, 9.17) is 0 Å². The highest BCUT2D eigenvalue weighted by Crippen LogP contribution is 2.42. The predicted molar refractivity (Wildman–Crippen MR) is 107 cm³/mol. The molecule has 0 spiro atoms. The van der Waals surface area contributed by atoms with Crippen molar-refractivity contribution in [2.45, 2.75) is 26.3 Å². The molecule has 4 rings (SSSR count). The molecule has 27 heavy (non-hydrogen) atoms. The van der Waals surface area contributed by atoms with E-state index in [0.717, 1.165) is 34.0 Å². The first-order chi connectivity index (χ1) is 12.9. The van der Waals surface area contributed by atoms with Crippen LogP contribution in [-0.4, -0.2) is 55.1 Å². The summed E-state index contributed by atoms with van der Waals surface area (Å²) in [5.41, 5.74) is 3.96. The maximum absolute atomic E-state index is 12.6. The molecule has 0 fully saturated rings. The number of nitrogens with zero attached hydrogens (tertiary/aromatic N) is 2. The van der Waals surface area contributed by atoms with E-state index in [0.29, 0.717) is 13.1 Å². The Hall–Kier alpha value is -2.12. The van der Waals surface area contributed by atoms with Crippen LogP contribution in [0.15, 0.2) is 30.5 Å². The quantitative estimate of drug-likeness (QED) is 0.869. The molecule has 2 unspecified atom stereocenters. The van der Waals surface area contributed by atoms with Crippen molar-refractivity contribution in [2.75, 3.05) is 25.9 Å². The van der Waals surface area contributed by atoms with Crippen molar-refractivity contribution in [1.82, 2.24) is 14.2 Å². The lowest BCUT2D eigenvalue weighted by Gasteiger charge is -2.39. The Bertz CT molecular complexity index is 1050. The van der Waals surface area contributed by atoms with Gasteiger partial charge in [-0.15, -0.1) is 0 Å². The number of carbonyl (C=O) groups excluding carboxylic acids is 1. The van der Waals surface area contributed by atoms with Crippen LogP contribution in [-0.2, 0) is 21.2 Å². The summed E-state index contributed by atoms with van der Waals surface area (Å²) in [6.07, 6.45) is 4.62. The average molecular weight is 388 g/mol. The molecule has 2 aromatic rings. The van der Waals surface area contributed by atoms with E-state index in [2.05, 4.69) is 16.3 Å². The summed E-state index contributed by atoms with van der Waals surface area (Å²) in [6.45, 7) is 4.87. The molecule has 7 heteroatoms. The molecule has 0 radical (unpaired) electrons. The molecule has 1 aromatic heterocycles.